The molecular weight excluding hydrogens is 602 g/mol. The van der Waals surface area contributed by atoms with Crippen molar-refractivity contribution in [3.05, 3.63) is 70.6 Å². The molecule has 238 valence electrons. The van der Waals surface area contributed by atoms with Crippen LogP contribution in [0.5, 0.6) is 11.5 Å². The molecular formula is C36H37N3O6S. The number of methoxy groups -OCH3 is 1. The lowest BCUT2D eigenvalue weighted by atomic mass is 9.75. The number of carboxylic acid groups (broad SMARTS) is 1. The third-order valence-electron chi connectivity index (χ3n) is 9.58. The third kappa shape index (κ3) is 5.55. The molecule has 2 amide bonds. The highest BCUT2D eigenvalue weighted by Crippen LogP contribution is 2.50. The Balaban J connectivity index is 1.20. The monoisotopic (exact) mass is 639 g/mol. The number of carbonyl (C=O) groups excluding carboxylic acids is 2. The molecule has 0 radical (unpaired) electrons. The average Bonchev–Trinajstić information content (AvgIpc) is 3.54. The number of hydrogen-bond donors (Lipinski definition) is 3. The molecule has 2 aliphatic carbocycles. The number of aromatic nitrogens is 1. The fourth-order valence-electron chi connectivity index (χ4n) is 7.10. The highest BCUT2D eigenvalue weighted by Gasteiger charge is 2.46. The Morgan fingerprint density at radius 1 is 1.07 bits per heavy atom. The number of rotatable bonds is 8. The van der Waals surface area contributed by atoms with Gasteiger partial charge in [-0.25, -0.2) is 4.79 Å². The zero-order valence-electron chi connectivity index (χ0n) is 25.8. The van der Waals surface area contributed by atoms with Crippen molar-refractivity contribution in [3.8, 4) is 22.8 Å². The van der Waals surface area contributed by atoms with Crippen molar-refractivity contribution in [2.24, 2.45) is 0 Å². The number of nitrogens with zero attached hydrogens (tertiary/aromatic N) is 1. The van der Waals surface area contributed by atoms with Crippen LogP contribution in [0.3, 0.4) is 0 Å². The summed E-state index contributed by atoms with van der Waals surface area (Å²) in [6.07, 6.45) is 10.3. The molecule has 1 aliphatic heterocycles. The predicted octanol–water partition coefficient (Wildman–Crippen LogP) is 7.21. The van der Waals surface area contributed by atoms with E-state index in [1.165, 1.54) is 47.9 Å². The van der Waals surface area contributed by atoms with Crippen LogP contribution in [0, 0.1) is 0 Å². The summed E-state index contributed by atoms with van der Waals surface area (Å²) in [5.74, 6) is 0.429. The van der Waals surface area contributed by atoms with Gasteiger partial charge in [0.25, 0.3) is 5.91 Å². The molecule has 0 unspecified atom stereocenters. The van der Waals surface area contributed by atoms with Crippen LogP contribution >= 0.6 is 11.3 Å². The van der Waals surface area contributed by atoms with Gasteiger partial charge in [0.15, 0.2) is 0 Å². The lowest BCUT2D eigenvalue weighted by molar-refractivity contribution is -0.131. The minimum atomic E-state index is -1.04. The number of carboxylic acids is 1. The van der Waals surface area contributed by atoms with Crippen molar-refractivity contribution in [3.63, 3.8) is 0 Å². The van der Waals surface area contributed by atoms with E-state index in [9.17, 15) is 14.4 Å². The number of aliphatic carboxylic acids is 1. The van der Waals surface area contributed by atoms with E-state index in [1.54, 1.807) is 31.4 Å². The molecule has 9 nitrogen and oxygen atoms in total. The second kappa shape index (κ2) is 12.3. The van der Waals surface area contributed by atoms with E-state index in [1.807, 2.05) is 18.2 Å². The van der Waals surface area contributed by atoms with Gasteiger partial charge in [-0.2, -0.15) is 0 Å². The van der Waals surface area contributed by atoms with E-state index in [-0.39, 0.29) is 11.8 Å². The van der Waals surface area contributed by atoms with Gasteiger partial charge in [0.05, 0.1) is 34.4 Å². The minimum Gasteiger partial charge on any atom is -0.497 e. The number of amides is 2. The van der Waals surface area contributed by atoms with Gasteiger partial charge in [0.1, 0.15) is 23.6 Å². The molecule has 0 spiro atoms. The topological polar surface area (TPSA) is 119 Å². The molecule has 0 bridgehead atoms. The number of nitrogens with one attached hydrogen (secondary N) is 2. The number of thiophene rings is 1. The lowest BCUT2D eigenvalue weighted by Crippen LogP contribution is -2.61. The van der Waals surface area contributed by atoms with Gasteiger partial charge in [-0.15, -0.1) is 11.3 Å². The number of hydrogen-bond acceptors (Lipinski definition) is 6. The lowest BCUT2D eigenvalue weighted by Gasteiger charge is -2.40. The number of carbonyl (C=O) groups is 3. The summed E-state index contributed by atoms with van der Waals surface area (Å²) in [5.41, 5.74) is 4.79. The third-order valence-corrected chi connectivity index (χ3v) is 10.7. The molecule has 2 fully saturated rings. The first-order chi connectivity index (χ1) is 22.3. The smallest absolute Gasteiger partial charge is 0.328 e. The summed E-state index contributed by atoms with van der Waals surface area (Å²) < 4.78 is 15.2. The van der Waals surface area contributed by atoms with Crippen molar-refractivity contribution < 1.29 is 29.0 Å². The molecule has 3 N–H and O–H groups in total. The molecule has 7 rings (SSSR count). The van der Waals surface area contributed by atoms with Gasteiger partial charge in [0.2, 0.25) is 5.91 Å². The van der Waals surface area contributed by atoms with Gasteiger partial charge < -0.3 is 29.8 Å². The summed E-state index contributed by atoms with van der Waals surface area (Å²) in [6, 6.07) is 15.0. The van der Waals surface area contributed by atoms with Crippen LogP contribution in [0.15, 0.2) is 54.6 Å². The SMILES string of the molecule is COc1ccc2c(c1)OCCn1c-2c(C2CCCCC2)c2sc(C(=O)NC3(C(=O)Nc4cccc(/C=C/C(=O)O)c4)CCC3)cc21. The van der Waals surface area contributed by atoms with Crippen LogP contribution in [-0.4, -0.2) is 46.7 Å². The van der Waals surface area contributed by atoms with Crippen LogP contribution in [-0.2, 0) is 16.1 Å². The highest BCUT2D eigenvalue weighted by atomic mass is 32.1. The van der Waals surface area contributed by atoms with Crippen molar-refractivity contribution in [1.29, 1.82) is 0 Å². The molecule has 10 heteroatoms. The maximum absolute atomic E-state index is 13.9. The molecule has 3 aliphatic rings. The van der Waals surface area contributed by atoms with E-state index in [0.29, 0.717) is 48.0 Å². The summed E-state index contributed by atoms with van der Waals surface area (Å²) in [4.78, 5) is 39.0. The zero-order valence-corrected chi connectivity index (χ0v) is 26.6. The van der Waals surface area contributed by atoms with Gasteiger partial charge in [-0.3, -0.25) is 9.59 Å². The van der Waals surface area contributed by atoms with Gasteiger partial charge >= 0.3 is 5.97 Å². The molecule has 2 aromatic heterocycles. The second-order valence-electron chi connectivity index (χ2n) is 12.4. The van der Waals surface area contributed by atoms with Crippen molar-refractivity contribution in [2.45, 2.75) is 69.4 Å². The Morgan fingerprint density at radius 3 is 2.63 bits per heavy atom. The number of anilines is 1. The van der Waals surface area contributed by atoms with Gasteiger partial charge in [-0.05, 0) is 85.6 Å². The quantitative estimate of drug-likeness (QED) is 0.175. The van der Waals surface area contributed by atoms with E-state index in [2.05, 4.69) is 21.3 Å². The Hall–Kier alpha value is -4.57. The second-order valence-corrected chi connectivity index (χ2v) is 13.5. The summed E-state index contributed by atoms with van der Waals surface area (Å²) in [7, 11) is 1.66. The molecule has 46 heavy (non-hydrogen) atoms. The first-order valence-electron chi connectivity index (χ1n) is 16.0. The number of ether oxygens (including phenoxy) is 2. The summed E-state index contributed by atoms with van der Waals surface area (Å²) in [5, 5.41) is 15.0. The van der Waals surface area contributed by atoms with Crippen LogP contribution in [0.1, 0.15) is 78.1 Å². The molecule has 0 atom stereocenters. The van der Waals surface area contributed by atoms with E-state index < -0.39 is 11.5 Å². The largest absolute Gasteiger partial charge is 0.497 e. The number of fused-ring (bicyclic) bond motifs is 5. The number of benzene rings is 2. The van der Waals surface area contributed by atoms with E-state index in [4.69, 9.17) is 14.6 Å². The molecule has 3 heterocycles. The first kappa shape index (κ1) is 30.1. The van der Waals surface area contributed by atoms with Crippen LogP contribution < -0.4 is 20.1 Å². The first-order valence-corrected chi connectivity index (χ1v) is 16.8. The predicted molar refractivity (Wildman–Crippen MR) is 179 cm³/mol. The highest BCUT2D eigenvalue weighted by molar-refractivity contribution is 7.21. The van der Waals surface area contributed by atoms with Crippen LogP contribution in [0.2, 0.25) is 0 Å². The fourth-order valence-corrected chi connectivity index (χ4v) is 8.28. The van der Waals surface area contributed by atoms with Crippen LogP contribution in [0.25, 0.3) is 27.6 Å². The van der Waals surface area contributed by atoms with Crippen molar-refractivity contribution in [2.75, 3.05) is 19.0 Å². The summed E-state index contributed by atoms with van der Waals surface area (Å²) >= 11 is 1.52. The summed E-state index contributed by atoms with van der Waals surface area (Å²) in [6.45, 7) is 1.18. The molecule has 4 aromatic rings. The maximum atomic E-state index is 13.9. The van der Waals surface area contributed by atoms with Gasteiger partial charge in [-0.1, -0.05) is 31.4 Å². The van der Waals surface area contributed by atoms with Gasteiger partial charge in [0, 0.05) is 23.4 Å². The average molecular weight is 640 g/mol. The minimum absolute atomic E-state index is 0.242. The van der Waals surface area contributed by atoms with Crippen molar-refractivity contribution >= 4 is 51.1 Å². The van der Waals surface area contributed by atoms with Crippen molar-refractivity contribution in [1.82, 2.24) is 9.88 Å². The van der Waals surface area contributed by atoms with E-state index in [0.717, 1.165) is 52.6 Å². The molecule has 0 saturated heterocycles. The Morgan fingerprint density at radius 2 is 1.89 bits per heavy atom. The Bertz CT molecular complexity index is 1860. The Kier molecular flexibility index (Phi) is 8.06. The van der Waals surface area contributed by atoms with Crippen LogP contribution in [0.4, 0.5) is 5.69 Å². The maximum Gasteiger partial charge on any atom is 0.328 e. The zero-order chi connectivity index (χ0) is 31.8. The molecule has 2 aromatic carbocycles. The standard InChI is InChI=1S/C36H37N3O6S/c1-44-25-12-13-26-28(20-25)45-18-17-39-27-21-29(46-33(27)31(32(26)39)23-8-3-2-4-9-23)34(42)38-36(15-6-16-36)35(43)37-24-10-5-7-22(19-24)11-14-30(40)41/h5,7,10-14,19-21,23H,2-4,6,8-9,15-18H2,1H3,(H,37,43)(H,38,42)(H,40,41)/b14-11+. The van der Waals surface area contributed by atoms with E-state index >= 15 is 0 Å². The normalized spacial score (nSPS) is 17.3. The molecule has 2 saturated carbocycles. The fraction of sp³-hybridized carbons (Fsp3) is 0.361. The Labute approximate surface area is 271 Å².